The molecule has 2 rings (SSSR count). The number of ether oxygens (including phenoxy) is 2. The minimum Gasteiger partial charge on any atom is -0.480 e. The highest BCUT2D eigenvalue weighted by molar-refractivity contribution is 5.92. The van der Waals surface area contributed by atoms with Crippen LogP contribution < -0.4 is 16.0 Å². The van der Waals surface area contributed by atoms with E-state index >= 15 is 0 Å². The SMILES string of the molecule is CCCC(CC)C(=O)NCCCCCC(=O)N(C)[C@H](C(=O)N[C@H](C(=O)N(C)[C@@H]([C@@H](C)CC)[C@@H](CC(=O)N1CCC[C@H]1[C@H](OC)[C@@H](C)C(=O)N[C@@H](Cc1ccccc1)C(=O)O)OC)C(C)C)C(C)C. The fourth-order valence-corrected chi connectivity index (χ4v) is 9.69. The predicted octanol–water partition coefficient (Wildman–Crippen LogP) is 5.85. The minimum absolute atomic E-state index is 0.0264. The van der Waals surface area contributed by atoms with Gasteiger partial charge in [0.25, 0.3) is 0 Å². The lowest BCUT2D eigenvalue weighted by molar-refractivity contribution is -0.149. The van der Waals surface area contributed by atoms with E-state index in [1.54, 1.807) is 43.0 Å². The van der Waals surface area contributed by atoms with Gasteiger partial charge in [-0.1, -0.05) is 112 Å². The molecule has 0 radical (unpaired) electrons. The highest BCUT2D eigenvalue weighted by Gasteiger charge is 2.44. The maximum Gasteiger partial charge on any atom is 0.326 e. The second kappa shape index (κ2) is 30.1. The number of carboxylic acids is 1. The smallest absolute Gasteiger partial charge is 0.326 e. The van der Waals surface area contributed by atoms with Gasteiger partial charge in [0, 0.05) is 60.2 Å². The molecule has 386 valence electrons. The first-order chi connectivity index (χ1) is 32.2. The Hall–Kier alpha value is -4.57. The Bertz CT molecular complexity index is 1750. The molecule has 0 aliphatic carbocycles. The van der Waals surface area contributed by atoms with E-state index in [1.165, 1.54) is 19.1 Å². The molecule has 0 spiro atoms. The van der Waals surface area contributed by atoms with Crippen molar-refractivity contribution in [3.8, 4) is 0 Å². The number of benzene rings is 1. The lowest BCUT2D eigenvalue weighted by atomic mass is 9.89. The Morgan fingerprint density at radius 3 is 2.01 bits per heavy atom. The van der Waals surface area contributed by atoms with E-state index in [9.17, 15) is 38.7 Å². The first kappa shape index (κ1) is 59.6. The molecule has 0 aromatic heterocycles. The highest BCUT2D eigenvalue weighted by Crippen LogP contribution is 2.30. The summed E-state index contributed by atoms with van der Waals surface area (Å²) >= 11 is 0. The number of likely N-dealkylation sites (N-methyl/N-ethyl adjacent to an activating group) is 2. The van der Waals surface area contributed by atoms with Crippen LogP contribution in [0.3, 0.4) is 0 Å². The molecule has 1 saturated heterocycles. The highest BCUT2D eigenvalue weighted by atomic mass is 16.5. The van der Waals surface area contributed by atoms with Crippen molar-refractivity contribution in [2.24, 2.45) is 29.6 Å². The number of carbonyl (C=O) groups is 7. The number of methoxy groups -OCH3 is 2. The standard InChI is InChI=1S/C52H88N6O10/c1-14-24-38(16-3)49(62)53-29-22-18-21-28-42(59)56(10)45(34(6)7)50(63)55-44(33(4)5)51(64)57(11)46(35(8)15-2)41(67-12)32-43(60)58-30-23-27-40(58)47(68-13)36(9)48(61)54-39(52(65)66)31-37-25-19-17-20-26-37/h17,19-20,25-26,33-36,38-41,44-47H,14-16,18,21-24,27-32H2,1-13H3,(H,53,62)(H,54,61)(H,55,63)(H,65,66)/t35-,36+,38?,39-,40-,41+,44-,45-,46-,47+/m0/s1. The molecular formula is C52H88N6O10. The summed E-state index contributed by atoms with van der Waals surface area (Å²) in [7, 11) is 6.30. The molecule has 1 fully saturated rings. The van der Waals surface area contributed by atoms with E-state index in [0.717, 1.165) is 37.7 Å². The molecule has 1 heterocycles. The van der Waals surface area contributed by atoms with E-state index in [4.69, 9.17) is 9.47 Å². The van der Waals surface area contributed by atoms with Gasteiger partial charge in [0.1, 0.15) is 18.1 Å². The van der Waals surface area contributed by atoms with Gasteiger partial charge < -0.3 is 45.2 Å². The number of hydrogen-bond acceptors (Lipinski definition) is 9. The summed E-state index contributed by atoms with van der Waals surface area (Å²) in [6, 6.07) is 5.11. The zero-order chi connectivity index (χ0) is 51.2. The molecule has 1 aliphatic heterocycles. The third kappa shape index (κ3) is 17.4. The van der Waals surface area contributed by atoms with Gasteiger partial charge in [0.15, 0.2) is 0 Å². The zero-order valence-electron chi connectivity index (χ0n) is 43.7. The average Bonchev–Trinajstić information content (AvgIpc) is 3.80. The van der Waals surface area contributed by atoms with Crippen molar-refractivity contribution >= 4 is 41.4 Å². The van der Waals surface area contributed by atoms with Crippen LogP contribution in [0.2, 0.25) is 0 Å². The molecule has 1 unspecified atom stereocenters. The van der Waals surface area contributed by atoms with Crippen LogP contribution in [0, 0.1) is 29.6 Å². The van der Waals surface area contributed by atoms with Crippen LogP contribution in [-0.2, 0) is 49.5 Å². The Morgan fingerprint density at radius 1 is 0.809 bits per heavy atom. The molecule has 68 heavy (non-hydrogen) atoms. The van der Waals surface area contributed by atoms with Crippen molar-refractivity contribution in [1.29, 1.82) is 0 Å². The Kier molecular flexibility index (Phi) is 26.4. The second-order valence-corrected chi connectivity index (χ2v) is 19.6. The lowest BCUT2D eigenvalue weighted by Gasteiger charge is -2.41. The number of carbonyl (C=O) groups excluding carboxylic acids is 6. The van der Waals surface area contributed by atoms with E-state index in [-0.39, 0.29) is 66.6 Å². The van der Waals surface area contributed by atoms with Crippen molar-refractivity contribution in [2.45, 2.75) is 182 Å². The number of aliphatic carboxylic acids is 1. The molecule has 16 heteroatoms. The maximum atomic E-state index is 14.6. The number of hydrogen-bond donors (Lipinski definition) is 4. The summed E-state index contributed by atoms with van der Waals surface area (Å²) < 4.78 is 12.0. The molecule has 1 aliphatic rings. The van der Waals surface area contributed by atoms with Gasteiger partial charge in [0.2, 0.25) is 35.4 Å². The van der Waals surface area contributed by atoms with Crippen LogP contribution in [0.5, 0.6) is 0 Å². The van der Waals surface area contributed by atoms with E-state index in [2.05, 4.69) is 22.9 Å². The number of unbranched alkanes of at least 4 members (excludes halogenated alkanes) is 2. The summed E-state index contributed by atoms with van der Waals surface area (Å²) in [5, 5.41) is 18.7. The molecule has 4 N–H and O–H groups in total. The summed E-state index contributed by atoms with van der Waals surface area (Å²) in [6.07, 6.45) is 5.50. The van der Waals surface area contributed by atoms with Crippen LogP contribution in [0.1, 0.15) is 139 Å². The fraction of sp³-hybridized carbons (Fsp3) is 0.750. The molecule has 0 saturated carbocycles. The van der Waals surface area contributed by atoms with Crippen molar-refractivity contribution in [2.75, 3.05) is 41.4 Å². The van der Waals surface area contributed by atoms with Gasteiger partial charge in [-0.3, -0.25) is 28.8 Å². The second-order valence-electron chi connectivity index (χ2n) is 19.6. The van der Waals surface area contributed by atoms with Crippen LogP contribution in [-0.4, -0.2) is 145 Å². The third-order valence-electron chi connectivity index (χ3n) is 14.0. The van der Waals surface area contributed by atoms with Gasteiger partial charge in [-0.05, 0) is 61.8 Å². The van der Waals surface area contributed by atoms with Gasteiger partial charge in [-0.25, -0.2) is 4.79 Å². The summed E-state index contributed by atoms with van der Waals surface area (Å²) in [6.45, 7) is 18.2. The monoisotopic (exact) mass is 957 g/mol. The van der Waals surface area contributed by atoms with E-state index in [1.807, 2.05) is 66.7 Å². The van der Waals surface area contributed by atoms with Gasteiger partial charge in [0.05, 0.1) is 36.6 Å². The molecule has 0 bridgehead atoms. The van der Waals surface area contributed by atoms with Gasteiger partial charge >= 0.3 is 5.97 Å². The van der Waals surface area contributed by atoms with E-state index < -0.39 is 66.1 Å². The van der Waals surface area contributed by atoms with Crippen LogP contribution >= 0.6 is 0 Å². The Labute approximate surface area is 407 Å². The van der Waals surface area contributed by atoms with Crippen LogP contribution in [0.15, 0.2) is 30.3 Å². The van der Waals surface area contributed by atoms with Crippen molar-refractivity contribution in [3.63, 3.8) is 0 Å². The summed E-state index contributed by atoms with van der Waals surface area (Å²) in [5.41, 5.74) is 0.769. The number of nitrogens with one attached hydrogen (secondary N) is 3. The molecular weight excluding hydrogens is 869 g/mol. The first-order valence-corrected chi connectivity index (χ1v) is 25.2. The fourth-order valence-electron chi connectivity index (χ4n) is 9.69. The summed E-state index contributed by atoms with van der Waals surface area (Å²) in [5.74, 6) is -4.20. The zero-order valence-corrected chi connectivity index (χ0v) is 43.7. The first-order valence-electron chi connectivity index (χ1n) is 25.2. The number of likely N-dealkylation sites (tertiary alicyclic amines) is 1. The number of carboxylic acid groups (broad SMARTS) is 1. The molecule has 1 aromatic rings. The largest absolute Gasteiger partial charge is 0.480 e. The van der Waals surface area contributed by atoms with Crippen LogP contribution in [0.4, 0.5) is 0 Å². The van der Waals surface area contributed by atoms with E-state index in [0.29, 0.717) is 38.8 Å². The van der Waals surface area contributed by atoms with Crippen molar-refractivity contribution in [3.05, 3.63) is 35.9 Å². The van der Waals surface area contributed by atoms with Crippen molar-refractivity contribution < 1.29 is 48.1 Å². The normalized spacial score (nSPS) is 17.8. The molecule has 6 amide bonds. The number of nitrogens with zero attached hydrogens (tertiary/aromatic N) is 3. The quantitative estimate of drug-likeness (QED) is 0.0655. The topological polar surface area (TPSA) is 204 Å². The number of amides is 6. The molecule has 10 atom stereocenters. The van der Waals surface area contributed by atoms with Gasteiger partial charge in [-0.15, -0.1) is 0 Å². The number of rotatable bonds is 31. The maximum absolute atomic E-state index is 14.6. The van der Waals surface area contributed by atoms with Gasteiger partial charge in [-0.2, -0.15) is 0 Å². The van der Waals surface area contributed by atoms with Crippen molar-refractivity contribution in [1.82, 2.24) is 30.7 Å². The minimum atomic E-state index is -1.16. The predicted molar refractivity (Wildman–Crippen MR) is 264 cm³/mol. The van der Waals surface area contributed by atoms with Crippen LogP contribution in [0.25, 0.3) is 0 Å². The average molecular weight is 957 g/mol. The lowest BCUT2D eigenvalue weighted by Crippen LogP contribution is -2.60. The Morgan fingerprint density at radius 2 is 1.47 bits per heavy atom. The molecule has 16 nitrogen and oxygen atoms in total. The third-order valence-corrected chi connectivity index (χ3v) is 14.0. The Balaban J connectivity index is 2.18. The molecule has 1 aromatic carbocycles. The summed E-state index contributed by atoms with van der Waals surface area (Å²) in [4.78, 5) is 99.6.